The molecule has 0 aliphatic carbocycles. The monoisotopic (exact) mass is 354 g/mol. The number of hydrogen-bond acceptors (Lipinski definition) is 5. The summed E-state index contributed by atoms with van der Waals surface area (Å²) in [5.41, 5.74) is 1.43. The molecule has 3 rings (SSSR count). The number of Topliss-reactive ketones (excluding diaryl/α,β-unsaturated/α-hetero) is 1. The molecule has 0 saturated heterocycles. The van der Waals surface area contributed by atoms with Gasteiger partial charge in [0.05, 0.1) is 16.8 Å². The fraction of sp³-hybridized carbons (Fsp3) is 0.211. The third-order valence-corrected chi connectivity index (χ3v) is 4.56. The van der Waals surface area contributed by atoms with Crippen molar-refractivity contribution >= 4 is 38.4 Å². The SMILES string of the molecule is CCOc1ccc(C(=O)CCC(=O)Nc2nc3ccccc3s2)cc1. The minimum absolute atomic E-state index is 0.0671. The Labute approximate surface area is 149 Å². The lowest BCUT2D eigenvalue weighted by atomic mass is 10.1. The fourth-order valence-corrected chi connectivity index (χ4v) is 3.26. The van der Waals surface area contributed by atoms with Gasteiger partial charge in [-0.05, 0) is 43.3 Å². The average molecular weight is 354 g/mol. The molecule has 0 unspecified atom stereocenters. The molecule has 1 aromatic heterocycles. The molecule has 0 saturated carbocycles. The summed E-state index contributed by atoms with van der Waals surface area (Å²) in [7, 11) is 0. The first-order valence-electron chi connectivity index (χ1n) is 8.07. The van der Waals surface area contributed by atoms with Gasteiger partial charge in [-0.3, -0.25) is 9.59 Å². The Balaban J connectivity index is 1.53. The Bertz CT molecular complexity index is 854. The maximum Gasteiger partial charge on any atom is 0.226 e. The molecule has 0 atom stereocenters. The van der Waals surface area contributed by atoms with Crippen molar-refractivity contribution in [1.29, 1.82) is 0 Å². The number of thiazole rings is 1. The molecular formula is C19H18N2O3S. The number of anilines is 1. The topological polar surface area (TPSA) is 68.3 Å². The van der Waals surface area contributed by atoms with Crippen molar-refractivity contribution in [3.8, 4) is 5.75 Å². The summed E-state index contributed by atoms with van der Waals surface area (Å²) < 4.78 is 6.37. The van der Waals surface area contributed by atoms with Crippen molar-refractivity contribution < 1.29 is 14.3 Å². The number of carbonyl (C=O) groups is 2. The van der Waals surface area contributed by atoms with Crippen molar-refractivity contribution in [3.63, 3.8) is 0 Å². The van der Waals surface area contributed by atoms with E-state index >= 15 is 0 Å². The zero-order valence-electron chi connectivity index (χ0n) is 13.8. The lowest BCUT2D eigenvalue weighted by Crippen LogP contribution is -2.13. The second-order valence-corrected chi connectivity index (χ2v) is 6.45. The molecule has 0 spiro atoms. The van der Waals surface area contributed by atoms with Gasteiger partial charge in [-0.25, -0.2) is 4.98 Å². The summed E-state index contributed by atoms with van der Waals surface area (Å²) in [4.78, 5) is 28.6. The van der Waals surface area contributed by atoms with Crippen LogP contribution >= 0.6 is 11.3 Å². The Morgan fingerprint density at radius 3 is 2.56 bits per heavy atom. The van der Waals surface area contributed by atoms with Crippen LogP contribution in [0, 0.1) is 0 Å². The molecule has 1 N–H and O–H groups in total. The predicted molar refractivity (Wildman–Crippen MR) is 99.4 cm³/mol. The normalized spacial score (nSPS) is 10.6. The van der Waals surface area contributed by atoms with Crippen LogP contribution in [0.4, 0.5) is 5.13 Å². The highest BCUT2D eigenvalue weighted by atomic mass is 32.1. The van der Waals surface area contributed by atoms with Crippen LogP contribution < -0.4 is 10.1 Å². The van der Waals surface area contributed by atoms with Gasteiger partial charge in [0.1, 0.15) is 5.75 Å². The highest BCUT2D eigenvalue weighted by Gasteiger charge is 2.11. The standard InChI is InChI=1S/C19H18N2O3S/c1-2-24-14-9-7-13(8-10-14)16(22)11-12-18(23)21-19-20-15-5-3-4-6-17(15)25-19/h3-10H,2,11-12H2,1H3,(H,20,21,23). The van der Waals surface area contributed by atoms with E-state index in [4.69, 9.17) is 4.74 Å². The lowest BCUT2D eigenvalue weighted by Gasteiger charge is -2.05. The Kier molecular flexibility index (Phi) is 5.40. The van der Waals surface area contributed by atoms with E-state index in [-0.39, 0.29) is 24.5 Å². The highest BCUT2D eigenvalue weighted by Crippen LogP contribution is 2.25. The van der Waals surface area contributed by atoms with Gasteiger partial charge in [-0.15, -0.1) is 0 Å². The molecular weight excluding hydrogens is 336 g/mol. The van der Waals surface area contributed by atoms with Crippen LogP contribution in [0.3, 0.4) is 0 Å². The second-order valence-electron chi connectivity index (χ2n) is 5.42. The number of fused-ring (bicyclic) bond motifs is 1. The smallest absolute Gasteiger partial charge is 0.226 e. The summed E-state index contributed by atoms with van der Waals surface area (Å²) in [6, 6.07) is 14.7. The van der Waals surface area contributed by atoms with Gasteiger partial charge in [-0.1, -0.05) is 23.5 Å². The number of para-hydroxylation sites is 1. The van der Waals surface area contributed by atoms with Gasteiger partial charge < -0.3 is 10.1 Å². The van der Waals surface area contributed by atoms with E-state index in [0.29, 0.717) is 17.3 Å². The Morgan fingerprint density at radius 1 is 1.08 bits per heavy atom. The van der Waals surface area contributed by atoms with Crippen LogP contribution in [0.15, 0.2) is 48.5 Å². The van der Waals surface area contributed by atoms with Crippen molar-refractivity contribution in [1.82, 2.24) is 4.98 Å². The van der Waals surface area contributed by atoms with Gasteiger partial charge in [0.2, 0.25) is 5.91 Å². The summed E-state index contributed by atoms with van der Waals surface area (Å²) in [5, 5.41) is 3.32. The number of nitrogens with one attached hydrogen (secondary N) is 1. The third-order valence-electron chi connectivity index (χ3n) is 3.61. The molecule has 5 nitrogen and oxygen atoms in total. The van der Waals surface area contributed by atoms with E-state index in [1.165, 1.54) is 11.3 Å². The van der Waals surface area contributed by atoms with Crippen molar-refractivity contribution in [2.45, 2.75) is 19.8 Å². The maximum absolute atomic E-state index is 12.2. The predicted octanol–water partition coefficient (Wildman–Crippen LogP) is 4.30. The highest BCUT2D eigenvalue weighted by molar-refractivity contribution is 7.22. The molecule has 2 aromatic carbocycles. The number of rotatable bonds is 7. The van der Waals surface area contributed by atoms with Crippen molar-refractivity contribution in [2.75, 3.05) is 11.9 Å². The number of hydrogen-bond donors (Lipinski definition) is 1. The molecule has 3 aromatic rings. The largest absolute Gasteiger partial charge is 0.494 e. The van der Waals surface area contributed by atoms with E-state index in [2.05, 4.69) is 10.3 Å². The number of ether oxygens (including phenoxy) is 1. The number of benzene rings is 2. The van der Waals surface area contributed by atoms with Crippen LogP contribution in [-0.4, -0.2) is 23.3 Å². The summed E-state index contributed by atoms with van der Waals surface area (Å²) in [6.07, 6.45) is 0.284. The second kappa shape index (κ2) is 7.90. The van der Waals surface area contributed by atoms with E-state index in [1.807, 2.05) is 31.2 Å². The number of aromatic nitrogens is 1. The quantitative estimate of drug-likeness (QED) is 0.643. The number of ketones is 1. The third kappa shape index (κ3) is 4.42. The summed E-state index contributed by atoms with van der Waals surface area (Å²) in [5.74, 6) is 0.452. The Hall–Kier alpha value is -2.73. The van der Waals surface area contributed by atoms with E-state index in [9.17, 15) is 9.59 Å². The maximum atomic E-state index is 12.2. The number of nitrogens with zero attached hydrogens (tertiary/aromatic N) is 1. The molecule has 0 aliphatic heterocycles. The molecule has 0 fully saturated rings. The lowest BCUT2D eigenvalue weighted by molar-refractivity contribution is -0.116. The minimum Gasteiger partial charge on any atom is -0.494 e. The molecule has 25 heavy (non-hydrogen) atoms. The molecule has 1 heterocycles. The van der Waals surface area contributed by atoms with Gasteiger partial charge in [0.15, 0.2) is 10.9 Å². The molecule has 0 radical (unpaired) electrons. The molecule has 1 amide bonds. The fourth-order valence-electron chi connectivity index (χ4n) is 2.38. The van der Waals surface area contributed by atoms with Crippen LogP contribution in [0.5, 0.6) is 5.75 Å². The van der Waals surface area contributed by atoms with Crippen molar-refractivity contribution in [3.05, 3.63) is 54.1 Å². The molecule has 128 valence electrons. The minimum atomic E-state index is -0.210. The van der Waals surface area contributed by atoms with Crippen LogP contribution in [0.25, 0.3) is 10.2 Å². The van der Waals surface area contributed by atoms with Crippen LogP contribution in [-0.2, 0) is 4.79 Å². The van der Waals surface area contributed by atoms with Crippen LogP contribution in [0.1, 0.15) is 30.1 Å². The van der Waals surface area contributed by atoms with E-state index in [0.717, 1.165) is 16.0 Å². The number of carbonyl (C=O) groups excluding carboxylic acids is 2. The first-order chi connectivity index (χ1) is 12.2. The zero-order chi connectivity index (χ0) is 17.6. The average Bonchev–Trinajstić information content (AvgIpc) is 3.02. The molecule has 0 aliphatic rings. The van der Waals surface area contributed by atoms with Gasteiger partial charge >= 0.3 is 0 Å². The summed E-state index contributed by atoms with van der Waals surface area (Å²) in [6.45, 7) is 2.49. The van der Waals surface area contributed by atoms with Gasteiger partial charge in [0, 0.05) is 18.4 Å². The number of amides is 1. The zero-order valence-corrected chi connectivity index (χ0v) is 14.6. The summed E-state index contributed by atoms with van der Waals surface area (Å²) >= 11 is 1.42. The molecule has 6 heteroatoms. The Morgan fingerprint density at radius 2 is 1.84 bits per heavy atom. The van der Waals surface area contributed by atoms with Gasteiger partial charge in [-0.2, -0.15) is 0 Å². The first kappa shape index (κ1) is 17.1. The van der Waals surface area contributed by atoms with E-state index < -0.39 is 0 Å². The molecule has 0 bridgehead atoms. The van der Waals surface area contributed by atoms with E-state index in [1.54, 1.807) is 24.3 Å². The van der Waals surface area contributed by atoms with Crippen molar-refractivity contribution in [2.24, 2.45) is 0 Å². The van der Waals surface area contributed by atoms with Gasteiger partial charge in [0.25, 0.3) is 0 Å². The first-order valence-corrected chi connectivity index (χ1v) is 8.89. The van der Waals surface area contributed by atoms with Crippen LogP contribution in [0.2, 0.25) is 0 Å².